The lowest BCUT2D eigenvalue weighted by molar-refractivity contribution is 0.0758. The van der Waals surface area contributed by atoms with Gasteiger partial charge in [0.25, 0.3) is 5.91 Å². The van der Waals surface area contributed by atoms with Crippen LogP contribution in [0.15, 0.2) is 24.5 Å². The molecule has 2 aliphatic rings. The number of β-amino-alcohol motifs (C(OH)–C–C–N with tert-alkyl or cyclic N) is 1. The lowest BCUT2D eigenvalue weighted by Crippen LogP contribution is -2.41. The third-order valence-corrected chi connectivity index (χ3v) is 4.97. The second kappa shape index (κ2) is 5.62. The first kappa shape index (κ1) is 14.7. The normalized spacial score (nSPS) is 25.6. The zero-order valence-electron chi connectivity index (χ0n) is 13.4. The summed E-state index contributed by atoms with van der Waals surface area (Å²) in [6.07, 6.45) is 5.65. The molecule has 1 amide bonds. The van der Waals surface area contributed by atoms with Crippen molar-refractivity contribution in [1.82, 2.24) is 19.2 Å². The highest BCUT2D eigenvalue weighted by Gasteiger charge is 2.39. The third-order valence-electron chi connectivity index (χ3n) is 4.97. The molecular formula is C17H22N4O2. The molecule has 23 heavy (non-hydrogen) atoms. The Balaban J connectivity index is 1.54. The molecule has 4 heterocycles. The van der Waals surface area contributed by atoms with Gasteiger partial charge in [0.2, 0.25) is 0 Å². The number of rotatable bonds is 2. The summed E-state index contributed by atoms with van der Waals surface area (Å²) >= 11 is 0. The molecule has 0 radical (unpaired) electrons. The molecule has 0 unspecified atom stereocenters. The molecule has 4 rings (SSSR count). The number of hydrogen-bond donors (Lipinski definition) is 1. The largest absolute Gasteiger partial charge is 0.390 e. The number of carbonyl (C=O) groups excluding carboxylic acids is 1. The molecular weight excluding hydrogens is 292 g/mol. The van der Waals surface area contributed by atoms with Crippen molar-refractivity contribution in [2.24, 2.45) is 0 Å². The van der Waals surface area contributed by atoms with Crippen LogP contribution in [0.3, 0.4) is 0 Å². The third kappa shape index (κ3) is 2.62. The van der Waals surface area contributed by atoms with E-state index in [0.29, 0.717) is 18.8 Å². The van der Waals surface area contributed by atoms with Crippen LogP contribution in [0.25, 0.3) is 5.65 Å². The van der Waals surface area contributed by atoms with Crippen molar-refractivity contribution in [3.8, 4) is 0 Å². The number of aryl methyl sites for hydroxylation is 1. The minimum absolute atomic E-state index is 0.0701. The van der Waals surface area contributed by atoms with Gasteiger partial charge in [-0.25, -0.2) is 4.98 Å². The number of likely N-dealkylation sites (tertiary alicyclic amines) is 2. The molecule has 2 aromatic rings. The molecule has 6 nitrogen and oxygen atoms in total. The summed E-state index contributed by atoms with van der Waals surface area (Å²) in [6, 6.07) is 3.97. The number of pyridine rings is 1. The van der Waals surface area contributed by atoms with Crippen molar-refractivity contribution >= 4 is 11.6 Å². The van der Waals surface area contributed by atoms with Crippen LogP contribution in [0.2, 0.25) is 0 Å². The number of amides is 1. The van der Waals surface area contributed by atoms with Crippen LogP contribution >= 0.6 is 0 Å². The molecule has 2 aromatic heterocycles. The van der Waals surface area contributed by atoms with Gasteiger partial charge in [0.1, 0.15) is 11.3 Å². The molecule has 0 saturated carbocycles. The number of hydrogen-bond acceptors (Lipinski definition) is 4. The van der Waals surface area contributed by atoms with Gasteiger partial charge in [-0.15, -0.1) is 0 Å². The van der Waals surface area contributed by atoms with Crippen LogP contribution in [0.1, 0.15) is 28.9 Å². The van der Waals surface area contributed by atoms with Gasteiger partial charge in [0.15, 0.2) is 0 Å². The van der Waals surface area contributed by atoms with Crippen molar-refractivity contribution in [1.29, 1.82) is 0 Å². The van der Waals surface area contributed by atoms with Crippen LogP contribution < -0.4 is 0 Å². The zero-order chi connectivity index (χ0) is 16.0. The highest BCUT2D eigenvalue weighted by molar-refractivity contribution is 5.93. The average molecular weight is 314 g/mol. The Morgan fingerprint density at radius 2 is 2.00 bits per heavy atom. The lowest BCUT2D eigenvalue weighted by Gasteiger charge is -2.25. The molecule has 0 bridgehead atoms. The van der Waals surface area contributed by atoms with E-state index in [1.807, 2.05) is 29.7 Å². The van der Waals surface area contributed by atoms with Gasteiger partial charge in [-0.05, 0) is 44.5 Å². The summed E-state index contributed by atoms with van der Waals surface area (Å²) in [4.78, 5) is 21.2. The van der Waals surface area contributed by atoms with Gasteiger partial charge in [-0.3, -0.25) is 9.69 Å². The Kier molecular flexibility index (Phi) is 3.58. The predicted molar refractivity (Wildman–Crippen MR) is 86.4 cm³/mol. The SMILES string of the molecule is Cc1ccc2nc(C(=O)N3C[C@@H](O)[C@H](N4CCCC4)C3)cn2c1. The number of imidazole rings is 1. The predicted octanol–water partition coefficient (Wildman–Crippen LogP) is 0.924. The maximum Gasteiger partial charge on any atom is 0.274 e. The molecule has 2 atom stereocenters. The zero-order valence-corrected chi connectivity index (χ0v) is 13.4. The fraction of sp³-hybridized carbons (Fsp3) is 0.529. The first-order chi connectivity index (χ1) is 11.1. The number of aromatic nitrogens is 2. The van der Waals surface area contributed by atoms with E-state index in [4.69, 9.17) is 0 Å². The van der Waals surface area contributed by atoms with Gasteiger partial charge in [-0.1, -0.05) is 6.07 Å². The second-order valence-electron chi connectivity index (χ2n) is 6.69. The first-order valence-corrected chi connectivity index (χ1v) is 8.28. The number of aliphatic hydroxyl groups excluding tert-OH is 1. The molecule has 2 fully saturated rings. The van der Waals surface area contributed by atoms with Crippen LogP contribution in [0.5, 0.6) is 0 Å². The van der Waals surface area contributed by atoms with Crippen LogP contribution in [0, 0.1) is 6.92 Å². The van der Waals surface area contributed by atoms with Crippen molar-refractivity contribution in [3.05, 3.63) is 35.8 Å². The summed E-state index contributed by atoms with van der Waals surface area (Å²) in [7, 11) is 0. The Bertz CT molecular complexity index is 735. The van der Waals surface area contributed by atoms with Crippen molar-refractivity contribution in [2.45, 2.75) is 31.9 Å². The number of carbonyl (C=O) groups is 1. The summed E-state index contributed by atoms with van der Waals surface area (Å²) in [5, 5.41) is 10.3. The topological polar surface area (TPSA) is 61.1 Å². The molecule has 1 N–H and O–H groups in total. The summed E-state index contributed by atoms with van der Waals surface area (Å²) in [5.41, 5.74) is 2.35. The molecule has 2 aliphatic heterocycles. The van der Waals surface area contributed by atoms with E-state index in [2.05, 4.69) is 9.88 Å². The number of aliphatic hydroxyl groups is 1. The maximum atomic E-state index is 12.7. The minimum atomic E-state index is -0.462. The maximum absolute atomic E-state index is 12.7. The fourth-order valence-electron chi connectivity index (χ4n) is 3.74. The van der Waals surface area contributed by atoms with E-state index in [0.717, 1.165) is 24.3 Å². The molecule has 0 spiro atoms. The molecule has 2 saturated heterocycles. The highest BCUT2D eigenvalue weighted by atomic mass is 16.3. The lowest BCUT2D eigenvalue weighted by atomic mass is 10.2. The van der Waals surface area contributed by atoms with Gasteiger partial charge in [-0.2, -0.15) is 0 Å². The molecule has 0 aromatic carbocycles. The van der Waals surface area contributed by atoms with Gasteiger partial charge in [0.05, 0.1) is 12.1 Å². The van der Waals surface area contributed by atoms with Crippen molar-refractivity contribution in [2.75, 3.05) is 26.2 Å². The fourth-order valence-corrected chi connectivity index (χ4v) is 3.74. The van der Waals surface area contributed by atoms with E-state index < -0.39 is 6.10 Å². The van der Waals surface area contributed by atoms with E-state index in [1.54, 1.807) is 11.1 Å². The smallest absolute Gasteiger partial charge is 0.274 e. The Morgan fingerprint density at radius 3 is 2.78 bits per heavy atom. The average Bonchev–Trinajstić information content (AvgIpc) is 3.24. The van der Waals surface area contributed by atoms with Crippen molar-refractivity contribution < 1.29 is 9.90 Å². The van der Waals surface area contributed by atoms with Gasteiger partial charge in [0, 0.05) is 25.5 Å². The molecule has 6 heteroatoms. The van der Waals surface area contributed by atoms with E-state index in [1.165, 1.54) is 12.8 Å². The first-order valence-electron chi connectivity index (χ1n) is 8.28. The Hall–Kier alpha value is -1.92. The quantitative estimate of drug-likeness (QED) is 0.895. The number of nitrogens with zero attached hydrogens (tertiary/aromatic N) is 4. The molecule has 0 aliphatic carbocycles. The Labute approximate surface area is 135 Å². The number of fused-ring (bicyclic) bond motifs is 1. The summed E-state index contributed by atoms with van der Waals surface area (Å²) in [6.45, 7) is 5.05. The summed E-state index contributed by atoms with van der Waals surface area (Å²) in [5.74, 6) is -0.0906. The van der Waals surface area contributed by atoms with E-state index in [9.17, 15) is 9.90 Å². The minimum Gasteiger partial charge on any atom is -0.390 e. The summed E-state index contributed by atoms with van der Waals surface area (Å²) < 4.78 is 1.88. The highest BCUT2D eigenvalue weighted by Crippen LogP contribution is 2.22. The second-order valence-corrected chi connectivity index (χ2v) is 6.69. The van der Waals surface area contributed by atoms with E-state index in [-0.39, 0.29) is 11.9 Å². The van der Waals surface area contributed by atoms with E-state index >= 15 is 0 Å². The molecule has 122 valence electrons. The van der Waals surface area contributed by atoms with Gasteiger partial charge >= 0.3 is 0 Å². The standard InChI is InChI=1S/C17H22N4O2/c1-12-4-5-16-18-13(9-20(16)8-12)17(23)21-10-14(15(22)11-21)19-6-2-3-7-19/h4-5,8-9,14-15,22H,2-3,6-7,10-11H2,1H3/t14-,15-/m1/s1. The van der Waals surface area contributed by atoms with Crippen LogP contribution in [-0.4, -0.2) is 68.5 Å². The van der Waals surface area contributed by atoms with Crippen LogP contribution in [-0.2, 0) is 0 Å². The monoisotopic (exact) mass is 314 g/mol. The van der Waals surface area contributed by atoms with Gasteiger partial charge < -0.3 is 14.4 Å². The van der Waals surface area contributed by atoms with Crippen molar-refractivity contribution in [3.63, 3.8) is 0 Å². The van der Waals surface area contributed by atoms with Crippen LogP contribution in [0.4, 0.5) is 0 Å². The Morgan fingerprint density at radius 1 is 1.22 bits per heavy atom.